The highest BCUT2D eigenvalue weighted by atomic mass is 35.5. The molecule has 0 radical (unpaired) electrons. The minimum atomic E-state index is -0.220. The van der Waals surface area contributed by atoms with Crippen molar-refractivity contribution >= 4 is 22.6 Å². The Labute approximate surface area is 128 Å². The Morgan fingerprint density at radius 2 is 2.00 bits per heavy atom. The summed E-state index contributed by atoms with van der Waals surface area (Å²) < 4.78 is 2.04. The normalized spacial score (nSPS) is 12.3. The minimum Gasteiger partial charge on any atom is -0.295 e. The van der Waals surface area contributed by atoms with Crippen molar-refractivity contribution in [3.8, 4) is 11.8 Å². The first-order valence-corrected chi connectivity index (χ1v) is 7.18. The number of nitriles is 1. The standard InChI is InChI=1S/C17H14ClN3/c1-11-7-8-13(10-19)9-16(11)21-15-6-4-3-5-14(15)20-17(21)12(2)18/h3-9,12H,1-2H3. The molecule has 0 saturated carbocycles. The molecule has 0 aliphatic carbocycles. The predicted molar refractivity (Wildman–Crippen MR) is 84.8 cm³/mol. The summed E-state index contributed by atoms with van der Waals surface area (Å²) in [6, 6.07) is 15.8. The maximum Gasteiger partial charge on any atom is 0.132 e. The SMILES string of the molecule is Cc1ccc(C#N)cc1-n1c(C(C)Cl)nc2ccccc21. The van der Waals surface area contributed by atoms with Crippen molar-refractivity contribution in [3.63, 3.8) is 0 Å². The lowest BCUT2D eigenvalue weighted by Crippen LogP contribution is -2.04. The molecule has 0 N–H and O–H groups in total. The van der Waals surface area contributed by atoms with Crippen LogP contribution in [-0.2, 0) is 0 Å². The second kappa shape index (κ2) is 5.23. The molecule has 0 spiro atoms. The van der Waals surface area contributed by atoms with Gasteiger partial charge in [-0.15, -0.1) is 11.6 Å². The number of hydrogen-bond donors (Lipinski definition) is 0. The highest BCUT2D eigenvalue weighted by Gasteiger charge is 2.17. The van der Waals surface area contributed by atoms with Gasteiger partial charge in [0.25, 0.3) is 0 Å². The average Bonchev–Trinajstić information content (AvgIpc) is 2.87. The number of aryl methyl sites for hydroxylation is 1. The zero-order valence-corrected chi connectivity index (χ0v) is 12.6. The molecule has 2 aromatic carbocycles. The van der Waals surface area contributed by atoms with E-state index in [1.165, 1.54) is 0 Å². The van der Waals surface area contributed by atoms with E-state index in [0.29, 0.717) is 5.56 Å². The van der Waals surface area contributed by atoms with Gasteiger partial charge >= 0.3 is 0 Å². The Kier molecular flexibility index (Phi) is 3.40. The first-order valence-electron chi connectivity index (χ1n) is 6.74. The lowest BCUT2D eigenvalue weighted by molar-refractivity contribution is 0.878. The first kappa shape index (κ1) is 13.7. The average molecular weight is 296 g/mol. The van der Waals surface area contributed by atoms with E-state index < -0.39 is 0 Å². The molecule has 4 heteroatoms. The van der Waals surface area contributed by atoms with E-state index >= 15 is 0 Å². The third kappa shape index (κ3) is 2.28. The van der Waals surface area contributed by atoms with Crippen molar-refractivity contribution in [2.24, 2.45) is 0 Å². The largest absolute Gasteiger partial charge is 0.295 e. The molecule has 0 amide bonds. The molecule has 1 aromatic heterocycles. The van der Waals surface area contributed by atoms with Crippen LogP contribution in [0.2, 0.25) is 0 Å². The molecule has 1 heterocycles. The van der Waals surface area contributed by atoms with Gasteiger partial charge in [-0.05, 0) is 43.7 Å². The number of halogens is 1. The fraction of sp³-hybridized carbons (Fsp3) is 0.176. The van der Waals surface area contributed by atoms with E-state index in [1.54, 1.807) is 0 Å². The maximum atomic E-state index is 9.14. The number of alkyl halides is 1. The predicted octanol–water partition coefficient (Wildman–Crippen LogP) is 4.51. The van der Waals surface area contributed by atoms with Crippen LogP contribution < -0.4 is 0 Å². The van der Waals surface area contributed by atoms with Crippen molar-refractivity contribution < 1.29 is 0 Å². The third-order valence-corrected chi connectivity index (χ3v) is 3.72. The molecule has 3 aromatic rings. The van der Waals surface area contributed by atoms with Gasteiger partial charge in [0, 0.05) is 0 Å². The zero-order chi connectivity index (χ0) is 15.0. The molecule has 104 valence electrons. The van der Waals surface area contributed by atoms with Crippen LogP contribution in [0.5, 0.6) is 0 Å². The van der Waals surface area contributed by atoms with E-state index in [2.05, 4.69) is 11.1 Å². The molecule has 0 aliphatic rings. The van der Waals surface area contributed by atoms with Gasteiger partial charge in [-0.2, -0.15) is 5.26 Å². The molecular formula is C17H14ClN3. The van der Waals surface area contributed by atoms with Gasteiger partial charge in [0.2, 0.25) is 0 Å². The smallest absolute Gasteiger partial charge is 0.132 e. The molecule has 0 aliphatic heterocycles. The molecule has 0 fully saturated rings. The highest BCUT2D eigenvalue weighted by Crippen LogP contribution is 2.29. The van der Waals surface area contributed by atoms with Gasteiger partial charge < -0.3 is 0 Å². The number of para-hydroxylation sites is 2. The van der Waals surface area contributed by atoms with Crippen molar-refractivity contribution in [2.45, 2.75) is 19.2 Å². The molecule has 1 atom stereocenters. The van der Waals surface area contributed by atoms with E-state index in [1.807, 2.05) is 60.9 Å². The van der Waals surface area contributed by atoms with Gasteiger partial charge in [-0.1, -0.05) is 18.2 Å². The van der Waals surface area contributed by atoms with Gasteiger partial charge in [-0.25, -0.2) is 4.98 Å². The number of imidazole rings is 1. The van der Waals surface area contributed by atoms with Crippen molar-refractivity contribution in [2.75, 3.05) is 0 Å². The Morgan fingerprint density at radius 1 is 1.24 bits per heavy atom. The monoisotopic (exact) mass is 295 g/mol. The van der Waals surface area contributed by atoms with Crippen LogP contribution in [0, 0.1) is 18.3 Å². The van der Waals surface area contributed by atoms with Crippen LogP contribution in [0.4, 0.5) is 0 Å². The van der Waals surface area contributed by atoms with Gasteiger partial charge in [0.15, 0.2) is 0 Å². The summed E-state index contributed by atoms with van der Waals surface area (Å²) >= 11 is 6.31. The van der Waals surface area contributed by atoms with E-state index in [4.69, 9.17) is 16.9 Å². The number of nitrogens with zero attached hydrogens (tertiary/aromatic N) is 3. The second-order valence-corrected chi connectivity index (χ2v) is 5.68. The maximum absolute atomic E-state index is 9.14. The third-order valence-electron chi connectivity index (χ3n) is 3.52. The van der Waals surface area contributed by atoms with Crippen LogP contribution in [-0.4, -0.2) is 9.55 Å². The molecule has 3 rings (SSSR count). The fourth-order valence-electron chi connectivity index (χ4n) is 2.48. The molecule has 3 nitrogen and oxygen atoms in total. The van der Waals surface area contributed by atoms with Gasteiger partial charge in [0.1, 0.15) is 5.82 Å². The molecule has 0 saturated heterocycles. The second-order valence-electron chi connectivity index (χ2n) is 5.02. The van der Waals surface area contributed by atoms with Crippen molar-refractivity contribution in [1.82, 2.24) is 9.55 Å². The van der Waals surface area contributed by atoms with E-state index in [9.17, 15) is 0 Å². The van der Waals surface area contributed by atoms with Crippen LogP contribution >= 0.6 is 11.6 Å². The Bertz CT molecular complexity index is 856. The van der Waals surface area contributed by atoms with Crippen LogP contribution in [0.25, 0.3) is 16.7 Å². The summed E-state index contributed by atoms with van der Waals surface area (Å²) in [5.41, 5.74) is 4.56. The Morgan fingerprint density at radius 3 is 2.71 bits per heavy atom. The van der Waals surface area contributed by atoms with Gasteiger partial charge in [-0.3, -0.25) is 4.57 Å². The quantitative estimate of drug-likeness (QED) is 0.653. The van der Waals surface area contributed by atoms with E-state index in [0.717, 1.165) is 28.1 Å². The fourth-order valence-corrected chi connectivity index (χ4v) is 2.63. The topological polar surface area (TPSA) is 41.6 Å². The Hall–Kier alpha value is -2.31. The first-order chi connectivity index (χ1) is 10.1. The summed E-state index contributed by atoms with van der Waals surface area (Å²) in [6.07, 6.45) is 0. The van der Waals surface area contributed by atoms with Crippen LogP contribution in [0.1, 0.15) is 29.3 Å². The molecular weight excluding hydrogens is 282 g/mol. The zero-order valence-electron chi connectivity index (χ0n) is 11.8. The van der Waals surface area contributed by atoms with Gasteiger partial charge in [0.05, 0.1) is 33.7 Å². The lowest BCUT2D eigenvalue weighted by atomic mass is 10.1. The molecule has 21 heavy (non-hydrogen) atoms. The minimum absolute atomic E-state index is 0.220. The number of aromatic nitrogens is 2. The summed E-state index contributed by atoms with van der Waals surface area (Å²) in [6.45, 7) is 3.93. The van der Waals surface area contributed by atoms with Crippen molar-refractivity contribution in [1.29, 1.82) is 5.26 Å². The lowest BCUT2D eigenvalue weighted by Gasteiger charge is -2.13. The number of benzene rings is 2. The number of hydrogen-bond acceptors (Lipinski definition) is 2. The van der Waals surface area contributed by atoms with Crippen molar-refractivity contribution in [3.05, 3.63) is 59.4 Å². The van der Waals surface area contributed by atoms with Crippen LogP contribution in [0.15, 0.2) is 42.5 Å². The number of fused-ring (bicyclic) bond motifs is 1. The van der Waals surface area contributed by atoms with E-state index in [-0.39, 0.29) is 5.38 Å². The Balaban J connectivity index is 2.39. The molecule has 1 unspecified atom stereocenters. The summed E-state index contributed by atoms with van der Waals surface area (Å²) in [7, 11) is 0. The highest BCUT2D eigenvalue weighted by molar-refractivity contribution is 6.20. The summed E-state index contributed by atoms with van der Waals surface area (Å²) in [5.74, 6) is 0.788. The van der Waals surface area contributed by atoms with Crippen LogP contribution in [0.3, 0.4) is 0 Å². The number of rotatable bonds is 2. The molecule has 0 bridgehead atoms. The summed E-state index contributed by atoms with van der Waals surface area (Å²) in [5, 5.41) is 8.92. The summed E-state index contributed by atoms with van der Waals surface area (Å²) in [4.78, 5) is 4.63.